The van der Waals surface area contributed by atoms with Gasteiger partial charge < -0.3 is 25.0 Å². The molecular formula is C23H29N5O5. The molecule has 2 aliphatic rings. The number of methoxy groups -OCH3 is 2. The summed E-state index contributed by atoms with van der Waals surface area (Å²) in [6, 6.07) is 5.25. The van der Waals surface area contributed by atoms with Crippen LogP contribution in [0.25, 0.3) is 0 Å². The van der Waals surface area contributed by atoms with Gasteiger partial charge in [-0.25, -0.2) is 0 Å². The smallest absolute Gasteiger partial charge is 0.258 e. The summed E-state index contributed by atoms with van der Waals surface area (Å²) in [4.78, 5) is 48.2. The van der Waals surface area contributed by atoms with Crippen molar-refractivity contribution in [3.8, 4) is 11.5 Å². The normalized spacial score (nSPS) is 20.0. The minimum Gasteiger partial charge on any atom is -0.497 e. The molecule has 0 bridgehead atoms. The van der Waals surface area contributed by atoms with Crippen molar-refractivity contribution in [2.24, 2.45) is 0 Å². The number of nitrogens with one attached hydrogen (secondary N) is 3. The largest absolute Gasteiger partial charge is 0.497 e. The van der Waals surface area contributed by atoms with Crippen LogP contribution in [0.3, 0.4) is 0 Å². The van der Waals surface area contributed by atoms with Crippen LogP contribution >= 0.6 is 0 Å². The van der Waals surface area contributed by atoms with Crippen LogP contribution in [-0.4, -0.2) is 48.6 Å². The van der Waals surface area contributed by atoms with Crippen molar-refractivity contribution in [1.29, 1.82) is 0 Å². The van der Waals surface area contributed by atoms with Gasteiger partial charge in [-0.15, -0.1) is 0 Å². The minimum absolute atomic E-state index is 0.146. The van der Waals surface area contributed by atoms with Crippen LogP contribution < -0.4 is 30.6 Å². The Morgan fingerprint density at radius 3 is 2.79 bits per heavy atom. The third-order valence-corrected chi connectivity index (χ3v) is 6.29. The summed E-state index contributed by atoms with van der Waals surface area (Å²) in [6.07, 6.45) is 3.96. The molecule has 1 aromatic carbocycles. The van der Waals surface area contributed by atoms with E-state index < -0.39 is 17.4 Å². The Hall–Kier alpha value is -3.56. The van der Waals surface area contributed by atoms with Gasteiger partial charge in [0.15, 0.2) is 0 Å². The molecule has 0 saturated carbocycles. The number of fused-ring (bicyclic) bond motifs is 1. The van der Waals surface area contributed by atoms with E-state index in [1.54, 1.807) is 18.2 Å². The number of piperidine rings is 1. The van der Waals surface area contributed by atoms with Crippen LogP contribution in [-0.2, 0) is 9.59 Å². The quantitative estimate of drug-likeness (QED) is 0.611. The SMILES string of the molecule is CC[C@@H]1CCCCN1c1nc2c(c(=O)[nH]1)[C@@H](C(=O)Nc1ccc(OC)cc1OC)CC(=O)N2. The molecule has 0 aliphatic carbocycles. The Morgan fingerprint density at radius 1 is 1.24 bits per heavy atom. The molecule has 33 heavy (non-hydrogen) atoms. The van der Waals surface area contributed by atoms with Crippen LogP contribution in [0.1, 0.15) is 50.5 Å². The lowest BCUT2D eigenvalue weighted by atomic mass is 9.92. The van der Waals surface area contributed by atoms with Crippen molar-refractivity contribution < 1.29 is 19.1 Å². The van der Waals surface area contributed by atoms with Gasteiger partial charge in [-0.3, -0.25) is 19.4 Å². The second kappa shape index (κ2) is 9.51. The molecule has 3 N–H and O–H groups in total. The predicted molar refractivity (Wildman–Crippen MR) is 124 cm³/mol. The average molecular weight is 456 g/mol. The number of ether oxygens (including phenoxy) is 2. The van der Waals surface area contributed by atoms with Crippen molar-refractivity contribution in [3.63, 3.8) is 0 Å². The first-order chi connectivity index (χ1) is 15.9. The fraction of sp³-hybridized carbons (Fsp3) is 0.478. The topological polar surface area (TPSA) is 126 Å². The van der Waals surface area contributed by atoms with Crippen molar-refractivity contribution in [1.82, 2.24) is 9.97 Å². The van der Waals surface area contributed by atoms with Gasteiger partial charge in [-0.1, -0.05) is 6.92 Å². The number of aromatic amines is 1. The molecule has 1 fully saturated rings. The molecule has 1 aromatic heterocycles. The molecule has 0 radical (unpaired) electrons. The van der Waals surface area contributed by atoms with E-state index in [9.17, 15) is 14.4 Å². The Labute approximate surface area is 191 Å². The summed E-state index contributed by atoms with van der Waals surface area (Å²) < 4.78 is 10.5. The lowest BCUT2D eigenvalue weighted by Gasteiger charge is -2.36. The van der Waals surface area contributed by atoms with Crippen molar-refractivity contribution >= 4 is 29.3 Å². The number of H-pyrrole nitrogens is 1. The molecule has 4 rings (SSSR count). The summed E-state index contributed by atoms with van der Waals surface area (Å²) in [6.45, 7) is 2.89. The highest BCUT2D eigenvalue weighted by molar-refractivity contribution is 6.05. The number of benzene rings is 1. The highest BCUT2D eigenvalue weighted by atomic mass is 16.5. The van der Waals surface area contributed by atoms with Crippen molar-refractivity contribution in [2.75, 3.05) is 36.3 Å². The van der Waals surface area contributed by atoms with Gasteiger partial charge >= 0.3 is 0 Å². The molecule has 10 nitrogen and oxygen atoms in total. The zero-order chi connectivity index (χ0) is 23.5. The molecule has 2 atom stereocenters. The predicted octanol–water partition coefficient (Wildman–Crippen LogP) is 2.62. The second-order valence-electron chi connectivity index (χ2n) is 8.26. The third-order valence-electron chi connectivity index (χ3n) is 6.29. The molecule has 2 aliphatic heterocycles. The molecule has 0 spiro atoms. The van der Waals surface area contributed by atoms with Gasteiger partial charge in [0.2, 0.25) is 17.8 Å². The number of hydrogen-bond donors (Lipinski definition) is 3. The fourth-order valence-electron chi connectivity index (χ4n) is 4.54. The van der Waals surface area contributed by atoms with E-state index in [4.69, 9.17) is 9.47 Å². The maximum atomic E-state index is 13.2. The van der Waals surface area contributed by atoms with Crippen molar-refractivity contribution in [2.45, 2.75) is 51.0 Å². The Balaban J connectivity index is 1.65. The molecule has 2 amide bonds. The maximum Gasteiger partial charge on any atom is 0.258 e. The van der Waals surface area contributed by atoms with Crippen LogP contribution in [0.5, 0.6) is 11.5 Å². The number of rotatable bonds is 6. The fourth-order valence-corrected chi connectivity index (χ4v) is 4.54. The van der Waals surface area contributed by atoms with Crippen molar-refractivity contribution in [3.05, 3.63) is 34.1 Å². The Bertz CT molecular complexity index is 1110. The number of anilines is 3. The lowest BCUT2D eigenvalue weighted by molar-refractivity contribution is -0.123. The van der Waals surface area contributed by atoms with E-state index >= 15 is 0 Å². The number of nitrogens with zero attached hydrogens (tertiary/aromatic N) is 2. The van der Waals surface area contributed by atoms with Gasteiger partial charge in [-0.2, -0.15) is 4.98 Å². The van der Waals surface area contributed by atoms with Gasteiger partial charge in [-0.05, 0) is 37.8 Å². The van der Waals surface area contributed by atoms with E-state index in [2.05, 4.69) is 32.4 Å². The van der Waals surface area contributed by atoms with E-state index in [1.165, 1.54) is 14.2 Å². The highest BCUT2D eigenvalue weighted by Crippen LogP contribution is 2.34. The first kappa shape index (κ1) is 22.6. The molecule has 10 heteroatoms. The molecule has 2 aromatic rings. The van der Waals surface area contributed by atoms with E-state index in [0.29, 0.717) is 23.1 Å². The summed E-state index contributed by atoms with van der Waals surface area (Å²) in [5.74, 6) is -0.271. The van der Waals surface area contributed by atoms with Crippen LogP contribution in [0.15, 0.2) is 23.0 Å². The van der Waals surface area contributed by atoms with Gasteiger partial charge in [0.05, 0.1) is 31.4 Å². The van der Waals surface area contributed by atoms with E-state index in [0.717, 1.165) is 32.2 Å². The monoisotopic (exact) mass is 455 g/mol. The molecular weight excluding hydrogens is 426 g/mol. The van der Waals surface area contributed by atoms with E-state index in [1.807, 2.05) is 0 Å². The molecule has 3 heterocycles. The summed E-state index contributed by atoms with van der Waals surface area (Å²) in [7, 11) is 3.01. The summed E-state index contributed by atoms with van der Waals surface area (Å²) >= 11 is 0. The van der Waals surface area contributed by atoms with Gasteiger partial charge in [0.1, 0.15) is 17.3 Å². The second-order valence-corrected chi connectivity index (χ2v) is 8.26. The summed E-state index contributed by atoms with van der Waals surface area (Å²) in [5.41, 5.74) is 0.154. The number of aromatic nitrogens is 2. The third kappa shape index (κ3) is 4.50. The van der Waals surface area contributed by atoms with Crippen LogP contribution in [0.2, 0.25) is 0 Å². The number of carbonyl (C=O) groups is 2. The average Bonchev–Trinajstić information content (AvgIpc) is 2.83. The van der Waals surface area contributed by atoms with Crippen LogP contribution in [0.4, 0.5) is 17.5 Å². The maximum absolute atomic E-state index is 13.2. The molecule has 0 unspecified atom stereocenters. The van der Waals surface area contributed by atoms with Crippen LogP contribution in [0, 0.1) is 0 Å². The molecule has 176 valence electrons. The minimum atomic E-state index is -0.978. The van der Waals surface area contributed by atoms with Gasteiger partial charge in [0, 0.05) is 25.1 Å². The summed E-state index contributed by atoms with van der Waals surface area (Å²) in [5, 5.41) is 5.46. The lowest BCUT2D eigenvalue weighted by Crippen LogP contribution is -2.43. The molecule has 1 saturated heterocycles. The standard InChI is InChI=1S/C23H29N5O5/c1-4-13-7-5-6-10-28(13)23-26-20-19(22(31)27-23)15(12-18(29)25-20)21(30)24-16-9-8-14(32-2)11-17(16)33-3/h8-9,11,13,15H,4-7,10,12H2,1-3H3,(H,24,30)(H2,25,26,27,29,31)/t13-,15+/m1/s1. The number of hydrogen-bond acceptors (Lipinski definition) is 7. The number of amides is 2. The zero-order valence-corrected chi connectivity index (χ0v) is 19.1. The van der Waals surface area contributed by atoms with Gasteiger partial charge in [0.25, 0.3) is 5.56 Å². The highest BCUT2D eigenvalue weighted by Gasteiger charge is 2.36. The first-order valence-corrected chi connectivity index (χ1v) is 11.2. The first-order valence-electron chi connectivity index (χ1n) is 11.2. The van der Waals surface area contributed by atoms with E-state index in [-0.39, 0.29) is 29.8 Å². The Kier molecular flexibility index (Phi) is 6.52. The Morgan fingerprint density at radius 2 is 2.06 bits per heavy atom. The zero-order valence-electron chi connectivity index (χ0n) is 19.1. The number of carbonyl (C=O) groups excluding carboxylic acids is 2.